The van der Waals surface area contributed by atoms with Gasteiger partial charge in [-0.15, -0.1) is 0 Å². The molecule has 0 spiro atoms. The van der Waals surface area contributed by atoms with Crippen molar-refractivity contribution >= 4 is 22.0 Å². The van der Waals surface area contributed by atoms with Gasteiger partial charge in [-0.2, -0.15) is 12.7 Å². The highest BCUT2D eigenvalue weighted by atomic mass is 32.3. The minimum atomic E-state index is -4.66. The van der Waals surface area contributed by atoms with Crippen molar-refractivity contribution in [2.75, 3.05) is 11.9 Å². The van der Waals surface area contributed by atoms with Crippen LogP contribution in [0.5, 0.6) is 0 Å². The smallest absolute Gasteiger partial charge is 0.326 e. The lowest BCUT2D eigenvalue weighted by atomic mass is 10.0. The Hall–Kier alpha value is -1.47. The number of carbonyl (C=O) groups is 1. The molecular weight excluding hydrogens is 259 g/mol. The number of halogens is 1. The fourth-order valence-corrected chi connectivity index (χ4v) is 2.60. The van der Waals surface area contributed by atoms with Crippen molar-refractivity contribution in [3.8, 4) is 0 Å². The molecule has 0 saturated carbocycles. The van der Waals surface area contributed by atoms with Crippen molar-refractivity contribution in [3.63, 3.8) is 0 Å². The Balaban J connectivity index is 2.27. The van der Waals surface area contributed by atoms with E-state index in [1.54, 1.807) is 12.1 Å². The summed E-state index contributed by atoms with van der Waals surface area (Å²) in [5, 5.41) is 2.61. The van der Waals surface area contributed by atoms with Gasteiger partial charge in [-0.25, -0.2) is 0 Å². The SMILES string of the molecule is CC(=O)Nc1ccc2c(c1)CN(S(=O)(=O)F)CC2. The van der Waals surface area contributed by atoms with Crippen molar-refractivity contribution in [1.82, 2.24) is 4.31 Å². The van der Waals surface area contributed by atoms with E-state index < -0.39 is 10.4 Å². The van der Waals surface area contributed by atoms with Gasteiger partial charge in [0.25, 0.3) is 0 Å². The molecule has 0 aromatic heterocycles. The average molecular weight is 272 g/mol. The second-order valence-electron chi connectivity index (χ2n) is 4.19. The summed E-state index contributed by atoms with van der Waals surface area (Å²) < 4.78 is 35.4. The van der Waals surface area contributed by atoms with Gasteiger partial charge in [-0.3, -0.25) is 4.79 Å². The van der Waals surface area contributed by atoms with Crippen LogP contribution in [0.25, 0.3) is 0 Å². The maximum atomic E-state index is 12.9. The third-order valence-corrected chi connectivity index (χ3v) is 3.74. The lowest BCUT2D eigenvalue weighted by Crippen LogP contribution is -2.33. The molecule has 0 atom stereocenters. The van der Waals surface area contributed by atoms with Crippen LogP contribution in [0.3, 0.4) is 0 Å². The van der Waals surface area contributed by atoms with Crippen LogP contribution in [0.1, 0.15) is 18.1 Å². The molecule has 1 N–H and O–H groups in total. The number of amides is 1. The number of fused-ring (bicyclic) bond motifs is 1. The van der Waals surface area contributed by atoms with E-state index in [1.807, 2.05) is 6.07 Å². The van der Waals surface area contributed by atoms with E-state index in [-0.39, 0.29) is 19.0 Å². The van der Waals surface area contributed by atoms with E-state index in [0.717, 1.165) is 9.87 Å². The van der Waals surface area contributed by atoms with E-state index in [1.165, 1.54) is 6.92 Å². The highest BCUT2D eigenvalue weighted by Crippen LogP contribution is 2.24. The molecule has 0 aliphatic carbocycles. The lowest BCUT2D eigenvalue weighted by Gasteiger charge is -2.25. The summed E-state index contributed by atoms with van der Waals surface area (Å²) in [5.74, 6) is -0.208. The summed E-state index contributed by atoms with van der Waals surface area (Å²) in [5.41, 5.74) is 2.28. The van der Waals surface area contributed by atoms with Crippen LogP contribution in [-0.2, 0) is 28.2 Å². The molecule has 0 saturated heterocycles. The normalized spacial score (nSPS) is 16.1. The molecule has 18 heavy (non-hydrogen) atoms. The fraction of sp³-hybridized carbons (Fsp3) is 0.364. The summed E-state index contributed by atoms with van der Waals surface area (Å²) in [6.45, 7) is 1.53. The molecule has 1 aromatic carbocycles. The van der Waals surface area contributed by atoms with Gasteiger partial charge >= 0.3 is 10.4 Å². The van der Waals surface area contributed by atoms with E-state index in [2.05, 4.69) is 5.32 Å². The number of hydrogen-bond acceptors (Lipinski definition) is 3. The number of hydrogen-bond donors (Lipinski definition) is 1. The lowest BCUT2D eigenvalue weighted by molar-refractivity contribution is -0.114. The Kier molecular flexibility index (Phi) is 3.36. The first kappa shape index (κ1) is 13.0. The Bertz CT molecular complexity index is 586. The van der Waals surface area contributed by atoms with E-state index in [9.17, 15) is 17.1 Å². The van der Waals surface area contributed by atoms with Crippen molar-refractivity contribution < 1.29 is 17.1 Å². The summed E-state index contributed by atoms with van der Waals surface area (Å²) in [6.07, 6.45) is 0.471. The number of benzene rings is 1. The summed E-state index contributed by atoms with van der Waals surface area (Å²) in [4.78, 5) is 10.9. The van der Waals surface area contributed by atoms with Gasteiger partial charge < -0.3 is 5.32 Å². The average Bonchev–Trinajstić information content (AvgIpc) is 2.26. The summed E-state index contributed by atoms with van der Waals surface area (Å²) >= 11 is 0. The molecule has 0 fully saturated rings. The molecular formula is C11H13FN2O3S. The Morgan fingerprint density at radius 1 is 1.39 bits per heavy atom. The van der Waals surface area contributed by atoms with E-state index in [4.69, 9.17) is 0 Å². The van der Waals surface area contributed by atoms with Crippen LogP contribution in [0, 0.1) is 0 Å². The molecule has 0 bridgehead atoms. The molecule has 1 aromatic rings. The number of rotatable bonds is 2. The molecule has 1 aliphatic rings. The van der Waals surface area contributed by atoms with Crippen molar-refractivity contribution in [1.29, 1.82) is 0 Å². The first-order valence-electron chi connectivity index (χ1n) is 5.45. The zero-order valence-corrected chi connectivity index (χ0v) is 10.6. The second kappa shape index (κ2) is 4.66. The maximum Gasteiger partial charge on any atom is 0.375 e. The highest BCUT2D eigenvalue weighted by molar-refractivity contribution is 7.83. The van der Waals surface area contributed by atoms with Gasteiger partial charge in [-0.05, 0) is 29.7 Å². The predicted molar refractivity (Wildman–Crippen MR) is 64.9 cm³/mol. The van der Waals surface area contributed by atoms with Crippen LogP contribution in [0.4, 0.5) is 9.57 Å². The molecule has 2 rings (SSSR count). The number of carbonyl (C=O) groups excluding carboxylic acids is 1. The van der Waals surface area contributed by atoms with E-state index >= 15 is 0 Å². The maximum absolute atomic E-state index is 12.9. The minimum absolute atomic E-state index is 0.00158. The zero-order valence-electron chi connectivity index (χ0n) is 9.81. The Morgan fingerprint density at radius 2 is 2.11 bits per heavy atom. The van der Waals surface area contributed by atoms with Crippen LogP contribution >= 0.6 is 0 Å². The molecule has 0 unspecified atom stereocenters. The van der Waals surface area contributed by atoms with Gasteiger partial charge in [0.1, 0.15) is 0 Å². The van der Waals surface area contributed by atoms with Crippen LogP contribution < -0.4 is 5.32 Å². The van der Waals surface area contributed by atoms with Crippen molar-refractivity contribution in [3.05, 3.63) is 29.3 Å². The van der Waals surface area contributed by atoms with Crippen LogP contribution in [-0.4, -0.2) is 25.2 Å². The zero-order chi connectivity index (χ0) is 13.3. The number of nitrogens with zero attached hydrogens (tertiary/aromatic N) is 1. The highest BCUT2D eigenvalue weighted by Gasteiger charge is 2.26. The summed E-state index contributed by atoms with van der Waals surface area (Å²) in [6, 6.07) is 5.25. The number of anilines is 1. The topological polar surface area (TPSA) is 66.5 Å². The Labute approximate surface area is 105 Å². The molecule has 0 radical (unpaired) electrons. The van der Waals surface area contributed by atoms with Gasteiger partial charge in [0.05, 0.1) is 0 Å². The molecule has 1 aliphatic heterocycles. The largest absolute Gasteiger partial charge is 0.375 e. The predicted octanol–water partition coefficient (Wildman–Crippen LogP) is 1.22. The van der Waals surface area contributed by atoms with Gasteiger partial charge in [0, 0.05) is 25.7 Å². The Morgan fingerprint density at radius 3 is 2.72 bits per heavy atom. The minimum Gasteiger partial charge on any atom is -0.326 e. The van der Waals surface area contributed by atoms with Gasteiger partial charge in [0.15, 0.2) is 0 Å². The first-order chi connectivity index (χ1) is 8.36. The van der Waals surface area contributed by atoms with Crippen molar-refractivity contribution in [2.45, 2.75) is 19.9 Å². The first-order valence-corrected chi connectivity index (χ1v) is 6.79. The van der Waals surface area contributed by atoms with E-state index in [0.29, 0.717) is 17.7 Å². The summed E-state index contributed by atoms with van der Waals surface area (Å²) in [7, 11) is -4.66. The second-order valence-corrected chi connectivity index (χ2v) is 5.53. The third-order valence-electron chi connectivity index (χ3n) is 2.81. The van der Waals surface area contributed by atoms with Crippen LogP contribution in [0.15, 0.2) is 18.2 Å². The third kappa shape index (κ3) is 2.85. The molecule has 1 amide bonds. The fourth-order valence-electron chi connectivity index (χ4n) is 2.00. The molecule has 98 valence electrons. The molecule has 5 nitrogen and oxygen atoms in total. The monoisotopic (exact) mass is 272 g/mol. The van der Waals surface area contributed by atoms with Gasteiger partial charge in [-0.1, -0.05) is 9.95 Å². The number of nitrogens with one attached hydrogen (secondary N) is 1. The molecule has 7 heteroatoms. The quantitative estimate of drug-likeness (QED) is 0.823. The molecule has 1 heterocycles. The van der Waals surface area contributed by atoms with Crippen molar-refractivity contribution in [2.24, 2.45) is 0 Å². The standard InChI is InChI=1S/C11H13FN2O3S/c1-8(15)13-11-3-2-9-4-5-14(18(12,16)17)7-10(9)6-11/h2-3,6H,4-5,7H2,1H3,(H,13,15). The van der Waals surface area contributed by atoms with Crippen LogP contribution in [0.2, 0.25) is 0 Å². The van der Waals surface area contributed by atoms with Gasteiger partial charge in [0.2, 0.25) is 5.91 Å².